The largest absolute Gasteiger partial charge is 0.399 e. The zero-order chi connectivity index (χ0) is 15.1. The second-order valence-electron chi connectivity index (χ2n) is 4.22. The van der Waals surface area contributed by atoms with E-state index in [1.807, 2.05) is 18.2 Å². The number of benzene rings is 1. The van der Waals surface area contributed by atoms with Gasteiger partial charge in [0.15, 0.2) is 6.33 Å². The Morgan fingerprint density at radius 1 is 1.38 bits per heavy atom. The number of nitrogens with one attached hydrogen (secondary N) is 1. The molecule has 3 N–H and O–H groups in total. The van der Waals surface area contributed by atoms with Crippen LogP contribution in [0.5, 0.6) is 0 Å². The van der Waals surface area contributed by atoms with Gasteiger partial charge in [0.2, 0.25) is 15.9 Å². The van der Waals surface area contributed by atoms with Crippen LogP contribution in [-0.2, 0) is 16.4 Å². The normalized spacial score (nSPS) is 11.6. The van der Waals surface area contributed by atoms with Gasteiger partial charge in [-0.05, 0) is 18.2 Å². The summed E-state index contributed by atoms with van der Waals surface area (Å²) in [7, 11) is -3.31. The molecule has 21 heavy (non-hydrogen) atoms. The van der Waals surface area contributed by atoms with E-state index in [1.54, 1.807) is 6.07 Å². The van der Waals surface area contributed by atoms with Crippen LogP contribution in [0.1, 0.15) is 5.89 Å². The van der Waals surface area contributed by atoms with E-state index in [9.17, 15) is 8.42 Å². The molecule has 1 aromatic heterocycles. The monoisotopic (exact) mass is 328 g/mol. The molecular weight excluding hydrogens is 312 g/mol. The van der Waals surface area contributed by atoms with Crippen molar-refractivity contribution in [1.29, 1.82) is 0 Å². The molecule has 9 heteroatoms. The Labute approximate surface area is 127 Å². The van der Waals surface area contributed by atoms with Crippen LogP contribution in [0.4, 0.5) is 5.69 Å². The lowest BCUT2D eigenvalue weighted by Gasteiger charge is -2.06. The predicted octanol–water partition coefficient (Wildman–Crippen LogP) is 0.906. The maximum atomic E-state index is 11.8. The lowest BCUT2D eigenvalue weighted by atomic mass is 10.3. The molecule has 0 fully saturated rings. The number of sulfonamides is 1. The summed E-state index contributed by atoms with van der Waals surface area (Å²) in [5.41, 5.74) is 6.33. The maximum Gasteiger partial charge on any atom is 0.227 e. The number of nitrogen functional groups attached to an aromatic ring is 1. The topological polar surface area (TPSA) is 111 Å². The van der Waals surface area contributed by atoms with Crippen LogP contribution < -0.4 is 10.5 Å². The number of hydrogen-bond acceptors (Lipinski definition) is 7. The molecule has 0 unspecified atom stereocenters. The molecule has 1 heterocycles. The molecule has 0 bridgehead atoms. The van der Waals surface area contributed by atoms with Crippen LogP contribution in [0, 0.1) is 0 Å². The molecule has 0 aliphatic carbocycles. The summed E-state index contributed by atoms with van der Waals surface area (Å²) < 4.78 is 30.9. The van der Waals surface area contributed by atoms with Crippen LogP contribution >= 0.6 is 11.8 Å². The van der Waals surface area contributed by atoms with Crippen molar-refractivity contribution in [2.45, 2.75) is 11.3 Å². The van der Waals surface area contributed by atoms with Crippen molar-refractivity contribution in [2.75, 3.05) is 23.8 Å². The van der Waals surface area contributed by atoms with E-state index in [0.717, 1.165) is 4.90 Å². The number of anilines is 1. The first-order chi connectivity index (χ1) is 10.1. The van der Waals surface area contributed by atoms with Gasteiger partial charge >= 0.3 is 0 Å². The van der Waals surface area contributed by atoms with Crippen molar-refractivity contribution >= 4 is 27.5 Å². The van der Waals surface area contributed by atoms with Crippen molar-refractivity contribution in [3.05, 3.63) is 36.5 Å². The van der Waals surface area contributed by atoms with Crippen LogP contribution in [0.2, 0.25) is 0 Å². The first-order valence-corrected chi connectivity index (χ1v) is 8.90. The Balaban J connectivity index is 1.71. The third-order valence-electron chi connectivity index (χ3n) is 2.55. The van der Waals surface area contributed by atoms with Crippen LogP contribution in [0.3, 0.4) is 0 Å². The fraction of sp³-hybridized carbons (Fsp3) is 0.333. The zero-order valence-corrected chi connectivity index (χ0v) is 12.9. The lowest BCUT2D eigenvalue weighted by molar-refractivity contribution is 0.377. The summed E-state index contributed by atoms with van der Waals surface area (Å²) in [5.74, 6) is 0.905. The smallest absolute Gasteiger partial charge is 0.227 e. The Morgan fingerprint density at radius 2 is 2.24 bits per heavy atom. The van der Waals surface area contributed by atoms with E-state index in [0.29, 0.717) is 23.8 Å². The van der Waals surface area contributed by atoms with Gasteiger partial charge in [-0.2, -0.15) is 4.98 Å². The lowest BCUT2D eigenvalue weighted by Crippen LogP contribution is -2.29. The standard InChI is InChI=1S/C12H16N4O3S2/c13-10-2-1-3-11(8-10)20-6-7-21(17,18)16-5-4-12-14-9-15-19-12/h1-3,8-9,16H,4-7,13H2. The molecular formula is C12H16N4O3S2. The van der Waals surface area contributed by atoms with Crippen molar-refractivity contribution in [1.82, 2.24) is 14.9 Å². The minimum atomic E-state index is -3.31. The molecule has 114 valence electrons. The Morgan fingerprint density at radius 3 is 2.95 bits per heavy atom. The second kappa shape index (κ2) is 7.43. The van der Waals surface area contributed by atoms with Gasteiger partial charge < -0.3 is 10.3 Å². The zero-order valence-electron chi connectivity index (χ0n) is 11.2. The molecule has 0 amide bonds. The van der Waals surface area contributed by atoms with E-state index in [4.69, 9.17) is 10.3 Å². The van der Waals surface area contributed by atoms with Gasteiger partial charge in [-0.15, -0.1) is 11.8 Å². The van der Waals surface area contributed by atoms with Gasteiger partial charge in [0.05, 0.1) is 5.75 Å². The van der Waals surface area contributed by atoms with E-state index in [-0.39, 0.29) is 12.3 Å². The first-order valence-electron chi connectivity index (χ1n) is 6.26. The van der Waals surface area contributed by atoms with Crippen molar-refractivity contribution in [3.8, 4) is 0 Å². The van der Waals surface area contributed by atoms with Gasteiger partial charge in [-0.25, -0.2) is 13.1 Å². The molecule has 7 nitrogen and oxygen atoms in total. The fourth-order valence-corrected chi connectivity index (χ4v) is 3.96. The summed E-state index contributed by atoms with van der Waals surface area (Å²) in [6.07, 6.45) is 1.66. The molecule has 1 aromatic carbocycles. The number of aromatic nitrogens is 2. The molecule has 0 aliphatic rings. The second-order valence-corrected chi connectivity index (χ2v) is 7.31. The van der Waals surface area contributed by atoms with Crippen molar-refractivity contribution in [2.24, 2.45) is 0 Å². The Kier molecular flexibility index (Phi) is 5.59. The Bertz CT molecular complexity index is 659. The van der Waals surface area contributed by atoms with E-state index in [1.165, 1.54) is 18.1 Å². The van der Waals surface area contributed by atoms with E-state index in [2.05, 4.69) is 14.9 Å². The number of rotatable bonds is 8. The van der Waals surface area contributed by atoms with Crippen molar-refractivity contribution in [3.63, 3.8) is 0 Å². The maximum absolute atomic E-state index is 11.8. The van der Waals surface area contributed by atoms with Crippen LogP contribution in [-0.4, -0.2) is 36.6 Å². The van der Waals surface area contributed by atoms with Gasteiger partial charge in [0.1, 0.15) is 0 Å². The minimum Gasteiger partial charge on any atom is -0.399 e. The van der Waals surface area contributed by atoms with Gasteiger partial charge in [0, 0.05) is 29.3 Å². The van der Waals surface area contributed by atoms with Gasteiger partial charge in [-0.3, -0.25) is 0 Å². The van der Waals surface area contributed by atoms with Gasteiger partial charge in [0.25, 0.3) is 0 Å². The van der Waals surface area contributed by atoms with Crippen LogP contribution in [0.25, 0.3) is 0 Å². The summed E-state index contributed by atoms with van der Waals surface area (Å²) in [6.45, 7) is 0.244. The van der Waals surface area contributed by atoms with E-state index < -0.39 is 10.0 Å². The predicted molar refractivity (Wildman–Crippen MR) is 81.4 cm³/mol. The Hall–Kier alpha value is -1.58. The average molecular weight is 328 g/mol. The molecule has 2 rings (SSSR count). The molecule has 0 aliphatic heterocycles. The molecule has 0 saturated carbocycles. The number of nitrogens with two attached hydrogens (primary N) is 1. The summed E-state index contributed by atoms with van der Waals surface area (Å²) in [4.78, 5) is 4.77. The quantitative estimate of drug-likeness (QED) is 0.547. The highest BCUT2D eigenvalue weighted by Gasteiger charge is 2.10. The number of nitrogens with zero attached hydrogens (tertiary/aromatic N) is 2. The number of thioether (sulfide) groups is 1. The minimum absolute atomic E-state index is 0.0380. The third kappa shape index (κ3) is 5.74. The third-order valence-corrected chi connectivity index (χ3v) is 5.19. The molecule has 2 aromatic rings. The van der Waals surface area contributed by atoms with Crippen molar-refractivity contribution < 1.29 is 12.9 Å². The molecule has 0 spiro atoms. The summed E-state index contributed by atoms with van der Waals surface area (Å²) in [5, 5.41) is 3.45. The van der Waals surface area contributed by atoms with E-state index >= 15 is 0 Å². The highest BCUT2D eigenvalue weighted by Crippen LogP contribution is 2.20. The SMILES string of the molecule is Nc1cccc(SCCS(=O)(=O)NCCc2ncno2)c1. The highest BCUT2D eigenvalue weighted by atomic mass is 32.2. The average Bonchev–Trinajstić information content (AvgIpc) is 2.91. The van der Waals surface area contributed by atoms with Gasteiger partial charge in [-0.1, -0.05) is 11.2 Å². The fourth-order valence-electron chi connectivity index (χ4n) is 1.57. The first kappa shape index (κ1) is 15.8. The molecule has 0 atom stereocenters. The number of hydrogen-bond donors (Lipinski definition) is 2. The summed E-state index contributed by atoms with van der Waals surface area (Å²) >= 11 is 1.45. The molecule has 0 radical (unpaired) electrons. The highest BCUT2D eigenvalue weighted by molar-refractivity contribution is 8.00. The van der Waals surface area contributed by atoms with Crippen LogP contribution in [0.15, 0.2) is 40.0 Å². The summed E-state index contributed by atoms with van der Waals surface area (Å²) in [6, 6.07) is 7.35. The molecule has 0 saturated heterocycles.